The maximum atomic E-state index is 5.63. The van der Waals surface area contributed by atoms with Crippen molar-refractivity contribution in [1.82, 2.24) is 14.8 Å². The topological polar surface area (TPSA) is 56.7 Å². The van der Waals surface area contributed by atoms with Crippen LogP contribution in [-0.4, -0.2) is 20.5 Å². The van der Waals surface area contributed by atoms with Gasteiger partial charge in [0.15, 0.2) is 5.16 Å². The molecule has 0 aliphatic rings. The van der Waals surface area contributed by atoms with Crippen molar-refractivity contribution in [3.05, 3.63) is 18.0 Å². The molecule has 0 aliphatic heterocycles. The van der Waals surface area contributed by atoms with Crippen LogP contribution in [0.3, 0.4) is 0 Å². The van der Waals surface area contributed by atoms with Crippen LogP contribution in [0.4, 0.5) is 0 Å². The summed E-state index contributed by atoms with van der Waals surface area (Å²) in [6.07, 6.45) is 1.01. The Hall–Kier alpha value is -0.810. The summed E-state index contributed by atoms with van der Waals surface area (Å²) < 4.78 is 2.09. The largest absolute Gasteiger partial charge is 0.324 e. The second kappa shape index (κ2) is 6.06. The van der Waals surface area contributed by atoms with Gasteiger partial charge in [-0.05, 0) is 20.3 Å². The molecule has 1 aromatic heterocycles. The number of nitrogens with zero attached hydrogens (tertiary/aromatic N) is 3. The summed E-state index contributed by atoms with van der Waals surface area (Å²) in [7, 11) is 0. The minimum absolute atomic E-state index is 0.339. The van der Waals surface area contributed by atoms with Gasteiger partial charge in [0.05, 0.1) is 6.54 Å². The zero-order valence-electron chi connectivity index (χ0n) is 10.2. The van der Waals surface area contributed by atoms with E-state index in [0.29, 0.717) is 12.6 Å². The summed E-state index contributed by atoms with van der Waals surface area (Å²) in [4.78, 5) is 0. The second-order valence-corrected chi connectivity index (χ2v) is 4.90. The number of hydrogen-bond acceptors (Lipinski definition) is 4. The van der Waals surface area contributed by atoms with Gasteiger partial charge in [-0.3, -0.25) is 0 Å². The third-order valence-corrected chi connectivity index (χ3v) is 3.43. The van der Waals surface area contributed by atoms with Crippen LogP contribution < -0.4 is 5.73 Å². The molecule has 16 heavy (non-hydrogen) atoms. The molecule has 5 heteroatoms. The molecule has 0 fully saturated rings. The van der Waals surface area contributed by atoms with Crippen molar-refractivity contribution in [1.29, 1.82) is 0 Å². The quantitative estimate of drug-likeness (QED) is 0.612. The van der Waals surface area contributed by atoms with Gasteiger partial charge >= 0.3 is 0 Å². The Labute approximate surface area is 101 Å². The molecule has 0 radical (unpaired) electrons. The van der Waals surface area contributed by atoms with Gasteiger partial charge in [0.25, 0.3) is 0 Å². The molecule has 0 saturated carbocycles. The smallest absolute Gasteiger partial charge is 0.191 e. The zero-order valence-corrected chi connectivity index (χ0v) is 11.0. The van der Waals surface area contributed by atoms with Gasteiger partial charge in [-0.25, -0.2) is 0 Å². The first kappa shape index (κ1) is 13.3. The average Bonchev–Trinajstić information content (AvgIpc) is 2.68. The molecule has 90 valence electrons. The van der Waals surface area contributed by atoms with Crippen molar-refractivity contribution in [3.63, 3.8) is 0 Å². The molecule has 1 heterocycles. The van der Waals surface area contributed by atoms with E-state index >= 15 is 0 Å². The molecule has 0 aromatic carbocycles. The molecular formula is C11H20N4S. The Morgan fingerprint density at radius 3 is 2.69 bits per heavy atom. The Balaban J connectivity index is 2.79. The van der Waals surface area contributed by atoms with Gasteiger partial charge < -0.3 is 10.3 Å². The highest BCUT2D eigenvalue weighted by Crippen LogP contribution is 2.23. The fourth-order valence-corrected chi connectivity index (χ4v) is 2.42. The third kappa shape index (κ3) is 3.09. The van der Waals surface area contributed by atoms with Crippen LogP contribution in [0.25, 0.3) is 0 Å². The van der Waals surface area contributed by atoms with E-state index in [1.807, 2.05) is 0 Å². The third-order valence-electron chi connectivity index (χ3n) is 2.34. The minimum atomic E-state index is 0.339. The molecule has 0 unspecified atom stereocenters. The number of thioether (sulfide) groups is 1. The van der Waals surface area contributed by atoms with Crippen molar-refractivity contribution < 1.29 is 0 Å². The predicted octanol–water partition coefficient (Wildman–Crippen LogP) is 2.38. The van der Waals surface area contributed by atoms with Crippen molar-refractivity contribution >= 4 is 11.8 Å². The van der Waals surface area contributed by atoms with Gasteiger partial charge in [-0.15, -0.1) is 10.2 Å². The standard InChI is InChI=1S/C11H20N4S/c1-5-9(4)7-16-11-14-13-10(6-12)15(11)8(2)3/h8H,4-7,12H2,1-3H3. The molecule has 1 aromatic rings. The molecule has 0 amide bonds. The minimum Gasteiger partial charge on any atom is -0.324 e. The summed E-state index contributed by atoms with van der Waals surface area (Å²) in [5, 5.41) is 9.20. The first-order valence-corrected chi connectivity index (χ1v) is 6.52. The van der Waals surface area contributed by atoms with Gasteiger partial charge in [-0.1, -0.05) is 30.8 Å². The molecule has 0 aliphatic carbocycles. The Morgan fingerprint density at radius 2 is 2.19 bits per heavy atom. The van der Waals surface area contributed by atoms with Crippen LogP contribution in [0.5, 0.6) is 0 Å². The lowest BCUT2D eigenvalue weighted by Gasteiger charge is -2.12. The lowest BCUT2D eigenvalue weighted by atomic mass is 10.3. The molecule has 1 rings (SSSR count). The summed E-state index contributed by atoms with van der Waals surface area (Å²) in [5.74, 6) is 1.74. The Bertz CT molecular complexity index is 357. The van der Waals surface area contributed by atoms with Crippen LogP contribution in [-0.2, 0) is 6.54 Å². The van der Waals surface area contributed by atoms with Gasteiger partial charge in [-0.2, -0.15) is 0 Å². The van der Waals surface area contributed by atoms with Crippen LogP contribution in [0.1, 0.15) is 39.1 Å². The van der Waals surface area contributed by atoms with Crippen LogP contribution in [0.15, 0.2) is 17.3 Å². The highest BCUT2D eigenvalue weighted by atomic mass is 32.2. The fourth-order valence-electron chi connectivity index (χ4n) is 1.33. The molecule has 0 spiro atoms. The van der Waals surface area contributed by atoms with Crippen LogP contribution in [0, 0.1) is 0 Å². The van der Waals surface area contributed by atoms with Crippen molar-refractivity contribution in [2.24, 2.45) is 5.73 Å². The number of hydrogen-bond donors (Lipinski definition) is 1. The predicted molar refractivity (Wildman–Crippen MR) is 68.5 cm³/mol. The second-order valence-electron chi connectivity index (χ2n) is 3.96. The van der Waals surface area contributed by atoms with E-state index in [1.54, 1.807) is 11.8 Å². The lowest BCUT2D eigenvalue weighted by molar-refractivity contribution is 0.526. The molecule has 0 atom stereocenters. The average molecular weight is 240 g/mol. The highest BCUT2D eigenvalue weighted by Gasteiger charge is 2.13. The maximum Gasteiger partial charge on any atom is 0.191 e. The molecule has 0 bridgehead atoms. The Morgan fingerprint density at radius 1 is 1.50 bits per heavy atom. The number of nitrogens with two attached hydrogens (primary N) is 1. The Kier molecular flexibility index (Phi) is 5.02. The van der Waals surface area contributed by atoms with Crippen molar-refractivity contribution in [2.45, 2.75) is 44.9 Å². The van der Waals surface area contributed by atoms with E-state index < -0.39 is 0 Å². The number of rotatable bonds is 6. The first-order valence-electron chi connectivity index (χ1n) is 5.53. The molecule has 0 saturated heterocycles. The van der Waals surface area contributed by atoms with Crippen molar-refractivity contribution in [2.75, 3.05) is 5.75 Å². The molecular weight excluding hydrogens is 220 g/mol. The summed E-state index contributed by atoms with van der Waals surface area (Å²) in [5.41, 5.74) is 6.85. The van der Waals surface area contributed by atoms with Gasteiger partial charge in [0.1, 0.15) is 5.82 Å². The van der Waals surface area contributed by atoms with E-state index in [0.717, 1.165) is 23.2 Å². The fraction of sp³-hybridized carbons (Fsp3) is 0.636. The van der Waals surface area contributed by atoms with E-state index in [9.17, 15) is 0 Å². The van der Waals surface area contributed by atoms with Gasteiger partial charge in [0.2, 0.25) is 0 Å². The highest BCUT2D eigenvalue weighted by molar-refractivity contribution is 7.99. The zero-order chi connectivity index (χ0) is 12.1. The summed E-state index contributed by atoms with van der Waals surface area (Å²) >= 11 is 1.68. The van der Waals surface area contributed by atoms with Crippen LogP contribution in [0.2, 0.25) is 0 Å². The van der Waals surface area contributed by atoms with E-state index in [1.165, 1.54) is 5.57 Å². The summed E-state index contributed by atoms with van der Waals surface area (Å²) in [6, 6.07) is 0.339. The van der Waals surface area contributed by atoms with Gasteiger partial charge in [0, 0.05) is 11.8 Å². The number of aromatic nitrogens is 3. The molecule has 4 nitrogen and oxygen atoms in total. The first-order chi connectivity index (χ1) is 7.60. The monoisotopic (exact) mass is 240 g/mol. The molecule has 2 N–H and O–H groups in total. The lowest BCUT2D eigenvalue weighted by Crippen LogP contribution is -2.11. The van der Waals surface area contributed by atoms with E-state index in [-0.39, 0.29) is 0 Å². The van der Waals surface area contributed by atoms with Crippen molar-refractivity contribution in [3.8, 4) is 0 Å². The van der Waals surface area contributed by atoms with E-state index in [4.69, 9.17) is 5.73 Å². The van der Waals surface area contributed by atoms with Crippen LogP contribution >= 0.6 is 11.8 Å². The normalized spacial score (nSPS) is 11.1. The maximum absolute atomic E-state index is 5.63. The SMILES string of the molecule is C=C(CC)CSc1nnc(CN)n1C(C)C. The summed E-state index contributed by atoms with van der Waals surface area (Å²) in [6.45, 7) is 10.8. The van der Waals surface area contributed by atoms with E-state index in [2.05, 4.69) is 42.1 Å².